The van der Waals surface area contributed by atoms with Crippen molar-refractivity contribution >= 4 is 39.6 Å². The number of carboxylic acids is 1. The van der Waals surface area contributed by atoms with Crippen molar-refractivity contribution in [3.8, 4) is 0 Å². The van der Waals surface area contributed by atoms with Crippen molar-refractivity contribution in [1.82, 2.24) is 5.32 Å². The zero-order valence-corrected chi connectivity index (χ0v) is 12.9. The lowest BCUT2D eigenvalue weighted by Crippen LogP contribution is -2.41. The molecule has 1 aromatic rings. The summed E-state index contributed by atoms with van der Waals surface area (Å²) in [5.41, 5.74) is -0.128. The van der Waals surface area contributed by atoms with Gasteiger partial charge in [0, 0.05) is 24.0 Å². The first kappa shape index (κ1) is 16.9. The maximum Gasteiger partial charge on any atom is 0.327 e. The van der Waals surface area contributed by atoms with Crippen molar-refractivity contribution in [3.63, 3.8) is 0 Å². The quantitative estimate of drug-likeness (QED) is 0.758. The summed E-state index contributed by atoms with van der Waals surface area (Å²) in [5.74, 6) is -3.07. The molecule has 1 amide bonds. The number of hydrogen-bond acceptors (Lipinski definition) is 3. The van der Waals surface area contributed by atoms with Crippen LogP contribution in [0.2, 0.25) is 0 Å². The van der Waals surface area contributed by atoms with Gasteiger partial charge >= 0.3 is 5.97 Å². The summed E-state index contributed by atoms with van der Waals surface area (Å²) >= 11 is 3.98. The van der Waals surface area contributed by atoms with E-state index in [1.54, 1.807) is 0 Å². The molecule has 0 saturated heterocycles. The zero-order chi connectivity index (χ0) is 15.3. The number of aliphatic carboxylic acids is 1. The van der Waals surface area contributed by atoms with Crippen molar-refractivity contribution in [1.29, 1.82) is 0 Å². The van der Waals surface area contributed by atoms with E-state index in [1.807, 2.05) is 0 Å². The molecule has 0 bridgehead atoms. The van der Waals surface area contributed by atoms with Gasteiger partial charge in [0.2, 0.25) is 5.91 Å². The van der Waals surface area contributed by atoms with Crippen molar-refractivity contribution in [2.45, 2.75) is 18.7 Å². The van der Waals surface area contributed by atoms with Gasteiger partial charge in [-0.3, -0.25) is 4.79 Å². The summed E-state index contributed by atoms with van der Waals surface area (Å²) in [4.78, 5) is 21.7. The van der Waals surface area contributed by atoms with Gasteiger partial charge in [0.1, 0.15) is 17.7 Å². The van der Waals surface area contributed by atoms with E-state index in [4.69, 9.17) is 5.11 Å². The van der Waals surface area contributed by atoms with Gasteiger partial charge in [-0.2, -0.15) is 11.8 Å². The lowest BCUT2D eigenvalue weighted by molar-refractivity contribution is -0.140. The lowest BCUT2D eigenvalue weighted by Gasteiger charge is -2.13. The van der Waals surface area contributed by atoms with Crippen LogP contribution in [0.4, 0.5) is 8.78 Å². The van der Waals surface area contributed by atoms with Gasteiger partial charge in [0.25, 0.3) is 0 Å². The summed E-state index contributed by atoms with van der Waals surface area (Å²) in [5, 5.41) is 11.1. The summed E-state index contributed by atoms with van der Waals surface area (Å²) in [6, 6.07) is 1.30. The molecule has 0 radical (unpaired) electrons. The molecule has 1 unspecified atom stereocenters. The van der Waals surface area contributed by atoms with Gasteiger partial charge in [0.05, 0.1) is 4.47 Å². The van der Waals surface area contributed by atoms with Crippen molar-refractivity contribution in [2.75, 3.05) is 5.75 Å². The summed E-state index contributed by atoms with van der Waals surface area (Å²) in [7, 11) is 0. The predicted molar refractivity (Wildman–Crippen MR) is 75.5 cm³/mol. The topological polar surface area (TPSA) is 66.4 Å². The molecule has 8 heteroatoms. The number of carboxylic acid groups (broad SMARTS) is 1. The first-order chi connectivity index (χ1) is 9.32. The van der Waals surface area contributed by atoms with Crippen LogP contribution in [0.3, 0.4) is 0 Å². The molecule has 1 rings (SSSR count). The van der Waals surface area contributed by atoms with Gasteiger partial charge in [-0.25, -0.2) is 13.6 Å². The Labute approximate surface area is 127 Å². The second kappa shape index (κ2) is 7.58. The van der Waals surface area contributed by atoms with E-state index in [2.05, 4.69) is 21.2 Å². The minimum absolute atomic E-state index is 0.0142. The Morgan fingerprint density at radius 1 is 1.45 bits per heavy atom. The van der Waals surface area contributed by atoms with Crippen molar-refractivity contribution in [3.05, 3.63) is 33.8 Å². The third-order valence-electron chi connectivity index (χ3n) is 2.35. The van der Waals surface area contributed by atoms with Crippen LogP contribution in [0.1, 0.15) is 12.5 Å². The van der Waals surface area contributed by atoms with Gasteiger partial charge in [-0.1, -0.05) is 0 Å². The summed E-state index contributed by atoms with van der Waals surface area (Å²) in [6.07, 6.45) is 0. The number of rotatable bonds is 6. The van der Waals surface area contributed by atoms with Crippen LogP contribution in [-0.4, -0.2) is 28.8 Å². The molecular formula is C12H12BrF2NO3S. The standard InChI is InChI=1S/C12H12BrF2NO3S/c1-6(17)16-10(12(18)19)5-20-4-7-9(14)3-2-8(13)11(7)15/h2-3,10H,4-5H2,1H3,(H,16,17)(H,18,19). The average Bonchev–Trinajstić information content (AvgIpc) is 2.36. The molecule has 110 valence electrons. The zero-order valence-electron chi connectivity index (χ0n) is 10.5. The third-order valence-corrected chi connectivity index (χ3v) is 4.02. The highest BCUT2D eigenvalue weighted by Gasteiger charge is 2.19. The van der Waals surface area contributed by atoms with Crippen LogP contribution < -0.4 is 5.32 Å². The molecular weight excluding hydrogens is 356 g/mol. The smallest absolute Gasteiger partial charge is 0.327 e. The Hall–Kier alpha value is -1.15. The highest BCUT2D eigenvalue weighted by Crippen LogP contribution is 2.25. The second-order valence-corrected chi connectivity index (χ2v) is 5.81. The minimum atomic E-state index is -1.19. The van der Waals surface area contributed by atoms with E-state index in [0.29, 0.717) is 0 Å². The van der Waals surface area contributed by atoms with E-state index < -0.39 is 29.6 Å². The van der Waals surface area contributed by atoms with Crippen LogP contribution in [-0.2, 0) is 15.3 Å². The molecule has 0 fully saturated rings. The first-order valence-corrected chi connectivity index (χ1v) is 7.47. The fourth-order valence-corrected chi connectivity index (χ4v) is 2.82. The normalized spacial score (nSPS) is 12.0. The fraction of sp³-hybridized carbons (Fsp3) is 0.333. The number of thioether (sulfide) groups is 1. The molecule has 2 N–H and O–H groups in total. The number of amides is 1. The average molecular weight is 368 g/mol. The van der Waals surface area contributed by atoms with Crippen LogP contribution in [0.25, 0.3) is 0 Å². The molecule has 0 aliphatic carbocycles. The number of halogens is 3. The molecule has 0 aromatic heterocycles. The second-order valence-electron chi connectivity index (χ2n) is 3.93. The number of hydrogen-bond donors (Lipinski definition) is 2. The molecule has 4 nitrogen and oxygen atoms in total. The number of carbonyl (C=O) groups excluding carboxylic acids is 1. The fourth-order valence-electron chi connectivity index (χ4n) is 1.40. The van der Waals surface area contributed by atoms with E-state index in [9.17, 15) is 18.4 Å². The maximum atomic E-state index is 13.7. The van der Waals surface area contributed by atoms with Gasteiger partial charge in [-0.15, -0.1) is 0 Å². The molecule has 0 spiro atoms. The van der Waals surface area contributed by atoms with E-state index in [-0.39, 0.29) is 21.5 Å². The molecule has 0 aliphatic heterocycles. The minimum Gasteiger partial charge on any atom is -0.480 e. The molecule has 1 atom stereocenters. The van der Waals surface area contributed by atoms with Crippen LogP contribution in [0.15, 0.2) is 16.6 Å². The molecule has 0 heterocycles. The van der Waals surface area contributed by atoms with Crippen LogP contribution in [0.5, 0.6) is 0 Å². The first-order valence-electron chi connectivity index (χ1n) is 5.53. The van der Waals surface area contributed by atoms with Crippen LogP contribution in [0, 0.1) is 11.6 Å². The van der Waals surface area contributed by atoms with Gasteiger partial charge < -0.3 is 10.4 Å². The van der Waals surface area contributed by atoms with E-state index in [0.717, 1.165) is 17.8 Å². The number of carbonyl (C=O) groups is 2. The summed E-state index contributed by atoms with van der Waals surface area (Å²) < 4.78 is 27.3. The number of benzene rings is 1. The van der Waals surface area contributed by atoms with Gasteiger partial charge in [0.15, 0.2) is 0 Å². The van der Waals surface area contributed by atoms with E-state index >= 15 is 0 Å². The third kappa shape index (κ3) is 4.75. The Morgan fingerprint density at radius 2 is 2.10 bits per heavy atom. The van der Waals surface area contributed by atoms with Gasteiger partial charge in [-0.05, 0) is 28.1 Å². The Kier molecular flexibility index (Phi) is 6.41. The highest BCUT2D eigenvalue weighted by atomic mass is 79.9. The van der Waals surface area contributed by atoms with Crippen molar-refractivity contribution in [2.24, 2.45) is 0 Å². The Bertz CT molecular complexity index is 528. The molecule has 0 aliphatic rings. The Morgan fingerprint density at radius 3 is 2.65 bits per heavy atom. The van der Waals surface area contributed by atoms with E-state index in [1.165, 1.54) is 13.0 Å². The maximum absolute atomic E-state index is 13.7. The highest BCUT2D eigenvalue weighted by molar-refractivity contribution is 9.10. The molecule has 0 saturated carbocycles. The summed E-state index contributed by atoms with van der Waals surface area (Å²) in [6.45, 7) is 1.20. The van der Waals surface area contributed by atoms with Crippen LogP contribution >= 0.6 is 27.7 Å². The number of nitrogens with one attached hydrogen (secondary N) is 1. The lowest BCUT2D eigenvalue weighted by atomic mass is 10.2. The monoisotopic (exact) mass is 367 g/mol. The predicted octanol–water partition coefficient (Wildman–Crippen LogP) is 2.55. The SMILES string of the molecule is CC(=O)NC(CSCc1c(F)ccc(Br)c1F)C(=O)O. The Balaban J connectivity index is 2.66. The molecule has 1 aromatic carbocycles. The molecule has 20 heavy (non-hydrogen) atoms. The van der Waals surface area contributed by atoms with Crippen molar-refractivity contribution < 1.29 is 23.5 Å². The largest absolute Gasteiger partial charge is 0.480 e.